The van der Waals surface area contributed by atoms with Gasteiger partial charge in [0.1, 0.15) is 5.75 Å². The molecule has 0 heterocycles. The van der Waals surface area contributed by atoms with Gasteiger partial charge < -0.3 is 15.8 Å². The Morgan fingerprint density at radius 2 is 1.85 bits per heavy atom. The van der Waals surface area contributed by atoms with E-state index in [0.717, 1.165) is 24.4 Å². The van der Waals surface area contributed by atoms with E-state index in [9.17, 15) is 0 Å². The van der Waals surface area contributed by atoms with E-state index in [1.165, 1.54) is 11.1 Å². The topological polar surface area (TPSA) is 47.3 Å². The van der Waals surface area contributed by atoms with Crippen LogP contribution in [-0.2, 0) is 6.54 Å². The molecular weight excluding hydrogens is 248 g/mol. The fourth-order valence-electron chi connectivity index (χ4n) is 1.94. The normalized spacial score (nSPS) is 10.3. The van der Waals surface area contributed by atoms with E-state index in [1.807, 2.05) is 18.2 Å². The van der Waals surface area contributed by atoms with Crippen LogP contribution in [0.3, 0.4) is 0 Å². The van der Waals surface area contributed by atoms with Gasteiger partial charge in [-0.3, -0.25) is 0 Å². The number of anilines is 2. The minimum atomic E-state index is 0.674. The van der Waals surface area contributed by atoms with Crippen LogP contribution in [0.1, 0.15) is 24.5 Å². The number of para-hydroxylation sites is 1. The van der Waals surface area contributed by atoms with E-state index < -0.39 is 0 Å². The van der Waals surface area contributed by atoms with Crippen LogP contribution in [0.4, 0.5) is 11.4 Å². The van der Waals surface area contributed by atoms with E-state index in [-0.39, 0.29) is 0 Å². The molecule has 3 N–H and O–H groups in total. The van der Waals surface area contributed by atoms with Gasteiger partial charge in [-0.15, -0.1) is 0 Å². The first-order valence-electron chi connectivity index (χ1n) is 7.01. The van der Waals surface area contributed by atoms with E-state index in [2.05, 4.69) is 43.4 Å². The molecule has 0 atom stereocenters. The molecular formula is C17H22N2O. The standard InChI is InChI=1S/C17H22N2O/c1-3-11-20-16-6-4-5-15(17(16)18)19-12-14-9-7-13(2)8-10-14/h4-10,19H,3,11-12,18H2,1-2H3. The summed E-state index contributed by atoms with van der Waals surface area (Å²) in [5.41, 5.74) is 10.2. The van der Waals surface area contributed by atoms with Gasteiger partial charge in [-0.1, -0.05) is 42.8 Å². The Labute approximate surface area is 120 Å². The van der Waals surface area contributed by atoms with Crippen LogP contribution >= 0.6 is 0 Å². The predicted octanol–water partition coefficient (Wildman–Crippen LogP) is 3.98. The zero-order valence-electron chi connectivity index (χ0n) is 12.1. The molecule has 2 aromatic carbocycles. The summed E-state index contributed by atoms with van der Waals surface area (Å²) in [7, 11) is 0. The van der Waals surface area contributed by atoms with Crippen molar-refractivity contribution < 1.29 is 4.74 Å². The second-order valence-electron chi connectivity index (χ2n) is 4.90. The van der Waals surface area contributed by atoms with Crippen molar-refractivity contribution in [3.63, 3.8) is 0 Å². The number of hydrogen-bond donors (Lipinski definition) is 2. The summed E-state index contributed by atoms with van der Waals surface area (Å²) in [6, 6.07) is 14.3. The molecule has 20 heavy (non-hydrogen) atoms. The first-order chi connectivity index (χ1) is 9.70. The highest BCUT2D eigenvalue weighted by atomic mass is 16.5. The number of nitrogens with one attached hydrogen (secondary N) is 1. The lowest BCUT2D eigenvalue weighted by Crippen LogP contribution is -2.05. The molecule has 0 radical (unpaired) electrons. The average molecular weight is 270 g/mol. The molecule has 0 spiro atoms. The molecule has 0 aromatic heterocycles. The van der Waals surface area contributed by atoms with Crippen LogP contribution in [0.15, 0.2) is 42.5 Å². The van der Waals surface area contributed by atoms with Gasteiger partial charge in [-0.25, -0.2) is 0 Å². The zero-order chi connectivity index (χ0) is 14.4. The third-order valence-corrected chi connectivity index (χ3v) is 3.13. The highest BCUT2D eigenvalue weighted by molar-refractivity contribution is 5.72. The maximum atomic E-state index is 6.12. The lowest BCUT2D eigenvalue weighted by molar-refractivity contribution is 0.319. The van der Waals surface area contributed by atoms with E-state index in [1.54, 1.807) is 0 Å². The van der Waals surface area contributed by atoms with Gasteiger partial charge in [0.2, 0.25) is 0 Å². The third-order valence-electron chi connectivity index (χ3n) is 3.13. The molecule has 106 valence electrons. The number of benzene rings is 2. The second kappa shape index (κ2) is 6.85. The van der Waals surface area contributed by atoms with Crippen LogP contribution in [0.5, 0.6) is 5.75 Å². The Morgan fingerprint density at radius 1 is 1.10 bits per heavy atom. The number of aryl methyl sites for hydroxylation is 1. The number of ether oxygens (including phenoxy) is 1. The molecule has 0 bridgehead atoms. The van der Waals surface area contributed by atoms with Crippen molar-refractivity contribution in [1.82, 2.24) is 0 Å². The summed E-state index contributed by atoms with van der Waals surface area (Å²) in [4.78, 5) is 0. The maximum absolute atomic E-state index is 6.12. The first kappa shape index (κ1) is 14.3. The van der Waals surface area contributed by atoms with Crippen molar-refractivity contribution in [2.75, 3.05) is 17.7 Å². The first-order valence-corrected chi connectivity index (χ1v) is 7.01. The summed E-state index contributed by atoms with van der Waals surface area (Å²) < 4.78 is 5.63. The van der Waals surface area contributed by atoms with Crippen molar-refractivity contribution in [1.29, 1.82) is 0 Å². The number of rotatable bonds is 6. The summed E-state index contributed by atoms with van der Waals surface area (Å²) in [5.74, 6) is 0.751. The van der Waals surface area contributed by atoms with Crippen LogP contribution in [-0.4, -0.2) is 6.61 Å². The SMILES string of the molecule is CCCOc1cccc(NCc2ccc(C)cc2)c1N. The Bertz CT molecular complexity index is 549. The minimum absolute atomic E-state index is 0.674. The van der Waals surface area contributed by atoms with Crippen LogP contribution < -0.4 is 15.8 Å². The Morgan fingerprint density at radius 3 is 2.55 bits per heavy atom. The molecule has 3 nitrogen and oxygen atoms in total. The largest absolute Gasteiger partial charge is 0.491 e. The molecule has 0 saturated heterocycles. The van der Waals surface area contributed by atoms with Gasteiger partial charge in [0.05, 0.1) is 18.0 Å². The molecule has 0 saturated carbocycles. The smallest absolute Gasteiger partial charge is 0.144 e. The third kappa shape index (κ3) is 3.67. The Balaban J connectivity index is 2.03. The quantitative estimate of drug-likeness (QED) is 0.781. The fraction of sp³-hybridized carbons (Fsp3) is 0.294. The second-order valence-corrected chi connectivity index (χ2v) is 4.90. The Kier molecular flexibility index (Phi) is 4.88. The molecule has 0 unspecified atom stereocenters. The average Bonchev–Trinajstić information content (AvgIpc) is 2.47. The van der Waals surface area contributed by atoms with Crippen molar-refractivity contribution in [2.24, 2.45) is 0 Å². The summed E-state index contributed by atoms with van der Waals surface area (Å²) in [6.45, 7) is 5.60. The predicted molar refractivity (Wildman–Crippen MR) is 85.1 cm³/mol. The summed E-state index contributed by atoms with van der Waals surface area (Å²) in [5, 5.41) is 3.36. The van der Waals surface area contributed by atoms with Gasteiger partial charge in [0.25, 0.3) is 0 Å². The molecule has 0 aliphatic heterocycles. The number of hydrogen-bond acceptors (Lipinski definition) is 3. The summed E-state index contributed by atoms with van der Waals surface area (Å²) in [6.07, 6.45) is 0.973. The van der Waals surface area contributed by atoms with Crippen LogP contribution in [0.2, 0.25) is 0 Å². The fourth-order valence-corrected chi connectivity index (χ4v) is 1.94. The van der Waals surface area contributed by atoms with Crippen molar-refractivity contribution in [3.05, 3.63) is 53.6 Å². The zero-order valence-corrected chi connectivity index (χ0v) is 12.1. The highest BCUT2D eigenvalue weighted by Gasteiger charge is 2.05. The van der Waals surface area contributed by atoms with Gasteiger partial charge in [0.15, 0.2) is 0 Å². The molecule has 0 aliphatic rings. The Hall–Kier alpha value is -2.16. The van der Waals surface area contributed by atoms with E-state index >= 15 is 0 Å². The van der Waals surface area contributed by atoms with E-state index in [0.29, 0.717) is 12.3 Å². The maximum Gasteiger partial charge on any atom is 0.144 e. The minimum Gasteiger partial charge on any atom is -0.491 e. The van der Waals surface area contributed by atoms with Crippen LogP contribution in [0.25, 0.3) is 0 Å². The van der Waals surface area contributed by atoms with Crippen LogP contribution in [0, 0.1) is 6.92 Å². The highest BCUT2D eigenvalue weighted by Crippen LogP contribution is 2.29. The monoisotopic (exact) mass is 270 g/mol. The number of nitrogens with two attached hydrogens (primary N) is 1. The lowest BCUT2D eigenvalue weighted by atomic mass is 10.1. The number of nitrogen functional groups attached to an aromatic ring is 1. The molecule has 2 rings (SSSR count). The van der Waals surface area contributed by atoms with Gasteiger partial charge in [-0.05, 0) is 31.0 Å². The van der Waals surface area contributed by atoms with Crippen molar-refractivity contribution >= 4 is 11.4 Å². The lowest BCUT2D eigenvalue weighted by Gasteiger charge is -2.13. The van der Waals surface area contributed by atoms with Crippen molar-refractivity contribution in [3.8, 4) is 5.75 Å². The molecule has 0 amide bonds. The molecule has 3 heteroatoms. The molecule has 0 aliphatic carbocycles. The molecule has 2 aromatic rings. The van der Waals surface area contributed by atoms with Crippen molar-refractivity contribution in [2.45, 2.75) is 26.8 Å². The summed E-state index contributed by atoms with van der Waals surface area (Å²) >= 11 is 0. The van der Waals surface area contributed by atoms with Gasteiger partial charge >= 0.3 is 0 Å². The van der Waals surface area contributed by atoms with E-state index in [4.69, 9.17) is 10.5 Å². The van der Waals surface area contributed by atoms with Gasteiger partial charge in [0, 0.05) is 6.54 Å². The van der Waals surface area contributed by atoms with Gasteiger partial charge in [-0.2, -0.15) is 0 Å². The molecule has 0 fully saturated rings.